The Balaban J connectivity index is 2.05. The van der Waals surface area contributed by atoms with E-state index in [0.29, 0.717) is 13.1 Å². The van der Waals surface area contributed by atoms with E-state index in [0.717, 1.165) is 22.7 Å². The molecule has 2 aromatic rings. The van der Waals surface area contributed by atoms with E-state index in [4.69, 9.17) is 0 Å². The van der Waals surface area contributed by atoms with Gasteiger partial charge in [-0.25, -0.2) is 13.4 Å². The molecule has 1 atom stereocenters. The number of thiazole rings is 1. The maximum Gasteiger partial charge on any atom is 0.244 e. The number of hydrogen-bond acceptors (Lipinski definition) is 5. The van der Waals surface area contributed by atoms with Gasteiger partial charge in [-0.1, -0.05) is 32.9 Å². The van der Waals surface area contributed by atoms with Crippen molar-refractivity contribution in [2.45, 2.75) is 45.1 Å². The molecule has 1 unspecified atom stereocenters. The van der Waals surface area contributed by atoms with Crippen molar-refractivity contribution < 1.29 is 13.2 Å². The van der Waals surface area contributed by atoms with E-state index in [1.54, 1.807) is 30.3 Å². The van der Waals surface area contributed by atoms with Crippen LogP contribution in [0.2, 0.25) is 0 Å². The van der Waals surface area contributed by atoms with Gasteiger partial charge in [0.05, 0.1) is 10.9 Å². The second-order valence-corrected chi connectivity index (χ2v) is 9.12. The Morgan fingerprint density at radius 1 is 1.21 bits per heavy atom. The molecule has 0 aliphatic rings. The summed E-state index contributed by atoms with van der Waals surface area (Å²) in [6.45, 7) is 8.41. The molecular weight excluding hydrogens is 394 g/mol. The van der Waals surface area contributed by atoms with Crippen LogP contribution in [0.1, 0.15) is 49.5 Å². The molecule has 1 N–H and O–H groups in total. The highest BCUT2D eigenvalue weighted by molar-refractivity contribution is 7.89. The summed E-state index contributed by atoms with van der Waals surface area (Å²) in [6.07, 6.45) is 3.88. The van der Waals surface area contributed by atoms with Crippen LogP contribution in [0.4, 0.5) is 0 Å². The van der Waals surface area contributed by atoms with Crippen LogP contribution < -0.4 is 5.32 Å². The molecule has 1 amide bonds. The second-order valence-electron chi connectivity index (χ2n) is 6.29. The van der Waals surface area contributed by atoms with Crippen molar-refractivity contribution in [3.63, 3.8) is 0 Å². The molecule has 0 aliphatic carbocycles. The van der Waals surface area contributed by atoms with E-state index in [2.05, 4.69) is 10.3 Å². The fourth-order valence-electron chi connectivity index (χ4n) is 2.73. The van der Waals surface area contributed by atoms with Crippen LogP contribution in [0, 0.1) is 6.92 Å². The molecule has 0 fully saturated rings. The molecule has 1 heterocycles. The minimum Gasteiger partial charge on any atom is -0.343 e. The summed E-state index contributed by atoms with van der Waals surface area (Å²) in [7, 11) is -3.47. The Bertz CT molecular complexity index is 914. The fourth-order valence-corrected chi connectivity index (χ4v) is 5.11. The molecule has 6 nitrogen and oxygen atoms in total. The quantitative estimate of drug-likeness (QED) is 0.625. The van der Waals surface area contributed by atoms with E-state index in [1.807, 2.05) is 33.1 Å². The number of sulfonamides is 1. The van der Waals surface area contributed by atoms with Crippen molar-refractivity contribution in [1.29, 1.82) is 0 Å². The zero-order valence-electron chi connectivity index (χ0n) is 16.7. The SMILES string of the molecule is CCC(NC(=O)C=Cc1ccc(S(=O)(=O)N(CC)CC)cc1)c1nc(C)cs1. The number of nitrogens with zero attached hydrogens (tertiary/aromatic N) is 2. The summed E-state index contributed by atoms with van der Waals surface area (Å²) in [6, 6.07) is 6.41. The first-order valence-electron chi connectivity index (χ1n) is 9.32. The molecule has 0 bridgehead atoms. The number of amides is 1. The van der Waals surface area contributed by atoms with Crippen LogP contribution in [0.25, 0.3) is 6.08 Å². The van der Waals surface area contributed by atoms with Gasteiger partial charge in [0.2, 0.25) is 15.9 Å². The van der Waals surface area contributed by atoms with E-state index in [1.165, 1.54) is 21.7 Å². The van der Waals surface area contributed by atoms with Crippen LogP contribution in [-0.2, 0) is 14.8 Å². The van der Waals surface area contributed by atoms with Gasteiger partial charge in [0.1, 0.15) is 5.01 Å². The molecule has 0 saturated heterocycles. The van der Waals surface area contributed by atoms with Crippen molar-refractivity contribution in [2.24, 2.45) is 0 Å². The largest absolute Gasteiger partial charge is 0.343 e. The zero-order valence-corrected chi connectivity index (χ0v) is 18.3. The maximum absolute atomic E-state index is 12.5. The van der Waals surface area contributed by atoms with Crippen LogP contribution in [0.5, 0.6) is 0 Å². The normalized spacial score (nSPS) is 13.2. The van der Waals surface area contributed by atoms with Crippen LogP contribution in [0.15, 0.2) is 40.6 Å². The van der Waals surface area contributed by atoms with Crippen molar-refractivity contribution in [1.82, 2.24) is 14.6 Å². The maximum atomic E-state index is 12.5. The number of carbonyl (C=O) groups is 1. The highest BCUT2D eigenvalue weighted by Gasteiger charge is 2.21. The highest BCUT2D eigenvalue weighted by Crippen LogP contribution is 2.21. The van der Waals surface area contributed by atoms with Gasteiger partial charge in [-0.3, -0.25) is 4.79 Å². The number of rotatable bonds is 9. The summed E-state index contributed by atoms with van der Waals surface area (Å²) in [5.74, 6) is -0.209. The Morgan fingerprint density at radius 2 is 1.86 bits per heavy atom. The first kappa shape index (κ1) is 22.3. The molecule has 28 heavy (non-hydrogen) atoms. The fraction of sp³-hybridized carbons (Fsp3) is 0.400. The molecule has 1 aromatic carbocycles. The first-order chi connectivity index (χ1) is 13.3. The lowest BCUT2D eigenvalue weighted by molar-refractivity contribution is -0.117. The van der Waals surface area contributed by atoms with Gasteiger partial charge in [0.15, 0.2) is 0 Å². The van der Waals surface area contributed by atoms with Gasteiger partial charge in [-0.05, 0) is 37.1 Å². The lowest BCUT2D eigenvalue weighted by Crippen LogP contribution is -2.30. The Hall–Kier alpha value is -2.03. The van der Waals surface area contributed by atoms with Crippen molar-refractivity contribution in [2.75, 3.05) is 13.1 Å². The molecule has 0 radical (unpaired) electrons. The van der Waals surface area contributed by atoms with E-state index in [-0.39, 0.29) is 16.8 Å². The summed E-state index contributed by atoms with van der Waals surface area (Å²) in [5.41, 5.74) is 1.70. The Kier molecular flexibility index (Phi) is 7.91. The van der Waals surface area contributed by atoms with Gasteiger partial charge in [0.25, 0.3) is 0 Å². The molecule has 0 aliphatic heterocycles. The summed E-state index contributed by atoms with van der Waals surface area (Å²) in [5, 5.41) is 5.81. The van der Waals surface area contributed by atoms with Crippen molar-refractivity contribution in [3.05, 3.63) is 52.0 Å². The predicted molar refractivity (Wildman–Crippen MR) is 114 cm³/mol. The topological polar surface area (TPSA) is 79.4 Å². The number of aromatic nitrogens is 1. The van der Waals surface area contributed by atoms with Gasteiger partial charge < -0.3 is 5.32 Å². The number of hydrogen-bond donors (Lipinski definition) is 1. The van der Waals surface area contributed by atoms with Crippen molar-refractivity contribution >= 4 is 33.3 Å². The number of benzene rings is 1. The van der Waals surface area contributed by atoms with E-state index in [9.17, 15) is 13.2 Å². The molecule has 0 spiro atoms. The predicted octanol–water partition coefficient (Wildman–Crippen LogP) is 3.76. The van der Waals surface area contributed by atoms with Crippen LogP contribution >= 0.6 is 11.3 Å². The minimum absolute atomic E-state index is 0.113. The summed E-state index contributed by atoms with van der Waals surface area (Å²) >= 11 is 1.54. The van der Waals surface area contributed by atoms with Crippen LogP contribution in [0.3, 0.4) is 0 Å². The van der Waals surface area contributed by atoms with E-state index >= 15 is 0 Å². The van der Waals surface area contributed by atoms with Crippen molar-refractivity contribution in [3.8, 4) is 0 Å². The molecule has 152 valence electrons. The van der Waals surface area contributed by atoms with Gasteiger partial charge in [0, 0.05) is 30.2 Å². The Morgan fingerprint density at radius 3 is 2.36 bits per heavy atom. The summed E-state index contributed by atoms with van der Waals surface area (Å²) < 4.78 is 26.4. The highest BCUT2D eigenvalue weighted by atomic mass is 32.2. The number of nitrogens with one attached hydrogen (secondary N) is 1. The number of aryl methyl sites for hydroxylation is 1. The van der Waals surface area contributed by atoms with E-state index < -0.39 is 10.0 Å². The molecule has 0 saturated carbocycles. The lowest BCUT2D eigenvalue weighted by atomic mass is 10.2. The average Bonchev–Trinajstić information content (AvgIpc) is 3.11. The average molecular weight is 422 g/mol. The van der Waals surface area contributed by atoms with Gasteiger partial charge in [-0.15, -0.1) is 11.3 Å². The van der Waals surface area contributed by atoms with Gasteiger partial charge >= 0.3 is 0 Å². The number of carbonyl (C=O) groups excluding carboxylic acids is 1. The lowest BCUT2D eigenvalue weighted by Gasteiger charge is -2.18. The minimum atomic E-state index is -3.47. The molecular formula is C20H27N3O3S2. The standard InChI is InChI=1S/C20H27N3O3S2/c1-5-18(20-21-15(4)14-27-20)22-19(24)13-10-16-8-11-17(12-9-16)28(25,26)23(6-2)7-3/h8-14,18H,5-7H2,1-4H3,(H,22,24). The smallest absolute Gasteiger partial charge is 0.244 e. The molecule has 8 heteroatoms. The monoisotopic (exact) mass is 421 g/mol. The Labute approximate surface area is 171 Å². The van der Waals surface area contributed by atoms with Gasteiger partial charge in [-0.2, -0.15) is 4.31 Å². The second kappa shape index (κ2) is 9.95. The zero-order chi connectivity index (χ0) is 20.7. The molecule has 2 rings (SSSR count). The molecule has 1 aromatic heterocycles. The third kappa shape index (κ3) is 5.50. The third-order valence-corrected chi connectivity index (χ3v) is 7.45. The van der Waals surface area contributed by atoms with Crippen LogP contribution in [-0.4, -0.2) is 36.7 Å². The third-order valence-electron chi connectivity index (χ3n) is 4.31. The summed E-state index contributed by atoms with van der Waals surface area (Å²) in [4.78, 5) is 16.9. The first-order valence-corrected chi connectivity index (χ1v) is 11.6.